The molecule has 0 aromatic heterocycles. The molecule has 20 heavy (non-hydrogen) atoms. The Morgan fingerprint density at radius 1 is 1.20 bits per heavy atom. The summed E-state index contributed by atoms with van der Waals surface area (Å²) >= 11 is 0. The van der Waals surface area contributed by atoms with Crippen molar-refractivity contribution in [3.05, 3.63) is 0 Å². The van der Waals surface area contributed by atoms with Gasteiger partial charge in [0.25, 0.3) is 0 Å². The second-order valence-corrected chi connectivity index (χ2v) is 6.98. The van der Waals surface area contributed by atoms with Crippen LogP contribution in [0.5, 0.6) is 0 Å². The van der Waals surface area contributed by atoms with Crippen molar-refractivity contribution in [2.45, 2.75) is 64.1 Å². The molecular formula is C15H28N2O3. The standard InChI is InChI=1S/C15H28N2O3/c1-15(2,3)20-14(18)17-13-8-12(9-13)16-6-7-19-10-11-4-5-11/h11-13,16H,4-10H2,1-3H3,(H,17,18). The number of alkyl carbamates (subject to hydrolysis) is 1. The topological polar surface area (TPSA) is 59.6 Å². The van der Waals surface area contributed by atoms with Crippen molar-refractivity contribution >= 4 is 6.09 Å². The number of carbonyl (C=O) groups excluding carboxylic acids is 1. The zero-order valence-corrected chi connectivity index (χ0v) is 12.9. The monoisotopic (exact) mass is 284 g/mol. The molecule has 0 aromatic rings. The molecule has 0 heterocycles. The molecule has 2 aliphatic rings. The Morgan fingerprint density at radius 2 is 1.90 bits per heavy atom. The molecule has 0 radical (unpaired) electrons. The smallest absolute Gasteiger partial charge is 0.407 e. The summed E-state index contributed by atoms with van der Waals surface area (Å²) in [6.07, 6.45) is 4.32. The predicted octanol–water partition coefficient (Wildman–Crippen LogP) is 2.06. The van der Waals surface area contributed by atoms with Gasteiger partial charge in [-0.2, -0.15) is 0 Å². The summed E-state index contributed by atoms with van der Waals surface area (Å²) < 4.78 is 10.8. The van der Waals surface area contributed by atoms with Crippen LogP contribution in [0.25, 0.3) is 0 Å². The SMILES string of the molecule is CC(C)(C)OC(=O)NC1CC(NCCOCC2CC2)C1. The molecule has 2 rings (SSSR count). The van der Waals surface area contributed by atoms with Gasteiger partial charge < -0.3 is 20.1 Å². The van der Waals surface area contributed by atoms with E-state index in [9.17, 15) is 4.79 Å². The first kappa shape index (κ1) is 15.6. The van der Waals surface area contributed by atoms with E-state index in [-0.39, 0.29) is 12.1 Å². The van der Waals surface area contributed by atoms with Crippen LogP contribution in [0.4, 0.5) is 4.79 Å². The third kappa shape index (κ3) is 6.09. The molecule has 0 aliphatic heterocycles. The molecule has 1 amide bonds. The number of hydrogen-bond donors (Lipinski definition) is 2. The number of amides is 1. The van der Waals surface area contributed by atoms with E-state index < -0.39 is 5.60 Å². The minimum Gasteiger partial charge on any atom is -0.444 e. The zero-order valence-electron chi connectivity index (χ0n) is 12.9. The highest BCUT2D eigenvalue weighted by molar-refractivity contribution is 5.68. The molecular weight excluding hydrogens is 256 g/mol. The summed E-state index contributed by atoms with van der Waals surface area (Å²) in [7, 11) is 0. The van der Waals surface area contributed by atoms with E-state index in [1.165, 1.54) is 12.8 Å². The highest BCUT2D eigenvalue weighted by atomic mass is 16.6. The first-order valence-electron chi connectivity index (χ1n) is 7.73. The molecule has 2 saturated carbocycles. The van der Waals surface area contributed by atoms with Crippen LogP contribution in [0.3, 0.4) is 0 Å². The van der Waals surface area contributed by atoms with Crippen molar-refractivity contribution in [3.8, 4) is 0 Å². The molecule has 2 aliphatic carbocycles. The average molecular weight is 284 g/mol. The summed E-state index contributed by atoms with van der Waals surface area (Å²) in [6, 6.07) is 0.745. The van der Waals surface area contributed by atoms with Gasteiger partial charge in [-0.25, -0.2) is 4.79 Å². The number of rotatable bonds is 7. The van der Waals surface area contributed by atoms with Crippen LogP contribution >= 0.6 is 0 Å². The van der Waals surface area contributed by atoms with E-state index in [0.29, 0.717) is 6.04 Å². The summed E-state index contributed by atoms with van der Waals surface area (Å²) in [5.74, 6) is 0.834. The quantitative estimate of drug-likeness (QED) is 0.703. The van der Waals surface area contributed by atoms with Crippen LogP contribution in [0, 0.1) is 5.92 Å². The first-order valence-corrected chi connectivity index (χ1v) is 7.73. The molecule has 116 valence electrons. The highest BCUT2D eigenvalue weighted by Gasteiger charge is 2.31. The van der Waals surface area contributed by atoms with Crippen molar-refractivity contribution in [3.63, 3.8) is 0 Å². The van der Waals surface area contributed by atoms with Crippen LogP contribution in [0.15, 0.2) is 0 Å². The van der Waals surface area contributed by atoms with Crippen molar-refractivity contribution < 1.29 is 14.3 Å². The molecule has 0 aromatic carbocycles. The van der Waals surface area contributed by atoms with Gasteiger partial charge >= 0.3 is 6.09 Å². The van der Waals surface area contributed by atoms with E-state index in [1.807, 2.05) is 20.8 Å². The first-order chi connectivity index (χ1) is 9.42. The fourth-order valence-electron chi connectivity index (χ4n) is 2.25. The Bertz CT molecular complexity index is 318. The van der Waals surface area contributed by atoms with Crippen LogP contribution in [-0.2, 0) is 9.47 Å². The molecule has 0 bridgehead atoms. The van der Waals surface area contributed by atoms with Gasteiger partial charge in [0, 0.05) is 25.2 Å². The van der Waals surface area contributed by atoms with Crippen LogP contribution in [0.1, 0.15) is 46.5 Å². The maximum absolute atomic E-state index is 11.6. The minimum atomic E-state index is -0.426. The lowest BCUT2D eigenvalue weighted by molar-refractivity contribution is 0.0461. The Balaban J connectivity index is 1.44. The summed E-state index contributed by atoms with van der Waals surface area (Å²) in [6.45, 7) is 8.24. The van der Waals surface area contributed by atoms with Crippen molar-refractivity contribution in [2.75, 3.05) is 19.8 Å². The van der Waals surface area contributed by atoms with Crippen molar-refractivity contribution in [1.82, 2.24) is 10.6 Å². The molecule has 5 nitrogen and oxygen atoms in total. The Labute approximate surface area is 121 Å². The lowest BCUT2D eigenvalue weighted by Crippen LogP contribution is -2.53. The third-order valence-corrected chi connectivity index (χ3v) is 3.59. The van der Waals surface area contributed by atoms with Gasteiger partial charge in [-0.3, -0.25) is 0 Å². The second kappa shape index (κ2) is 6.76. The Morgan fingerprint density at radius 3 is 2.50 bits per heavy atom. The molecule has 5 heteroatoms. The third-order valence-electron chi connectivity index (χ3n) is 3.59. The van der Waals surface area contributed by atoms with E-state index in [4.69, 9.17) is 9.47 Å². The van der Waals surface area contributed by atoms with Gasteiger partial charge in [0.1, 0.15) is 5.60 Å². The van der Waals surface area contributed by atoms with Crippen LogP contribution in [0.2, 0.25) is 0 Å². The lowest BCUT2D eigenvalue weighted by Gasteiger charge is -2.36. The lowest BCUT2D eigenvalue weighted by atomic mass is 9.87. The maximum atomic E-state index is 11.6. The fraction of sp³-hybridized carbons (Fsp3) is 0.933. The Kier molecular flexibility index (Phi) is 5.27. The second-order valence-electron chi connectivity index (χ2n) is 6.98. The molecule has 2 N–H and O–H groups in total. The number of carbonyl (C=O) groups is 1. The summed E-state index contributed by atoms with van der Waals surface area (Å²) in [5.41, 5.74) is -0.426. The minimum absolute atomic E-state index is 0.245. The van der Waals surface area contributed by atoms with E-state index >= 15 is 0 Å². The normalized spacial score (nSPS) is 25.9. The van der Waals surface area contributed by atoms with Gasteiger partial charge in [-0.15, -0.1) is 0 Å². The number of ether oxygens (including phenoxy) is 2. The van der Waals surface area contributed by atoms with Crippen LogP contribution in [-0.4, -0.2) is 43.5 Å². The number of hydrogen-bond acceptors (Lipinski definition) is 4. The van der Waals surface area contributed by atoms with Gasteiger partial charge in [0.2, 0.25) is 0 Å². The highest BCUT2D eigenvalue weighted by Crippen LogP contribution is 2.28. The van der Waals surface area contributed by atoms with Gasteiger partial charge in [-0.05, 0) is 52.4 Å². The fourth-order valence-corrected chi connectivity index (χ4v) is 2.25. The van der Waals surface area contributed by atoms with Crippen molar-refractivity contribution in [2.24, 2.45) is 5.92 Å². The van der Waals surface area contributed by atoms with Gasteiger partial charge in [0.15, 0.2) is 0 Å². The summed E-state index contributed by atoms with van der Waals surface area (Å²) in [4.78, 5) is 11.6. The maximum Gasteiger partial charge on any atom is 0.407 e. The average Bonchev–Trinajstić information content (AvgIpc) is 3.05. The van der Waals surface area contributed by atoms with Gasteiger partial charge in [0.05, 0.1) is 6.61 Å². The molecule has 0 saturated heterocycles. The predicted molar refractivity (Wildman–Crippen MR) is 77.7 cm³/mol. The summed E-state index contributed by atoms with van der Waals surface area (Å²) in [5, 5.41) is 6.34. The molecule has 0 spiro atoms. The zero-order chi connectivity index (χ0) is 14.6. The van der Waals surface area contributed by atoms with E-state index in [0.717, 1.165) is 38.5 Å². The molecule has 2 fully saturated rings. The van der Waals surface area contributed by atoms with Crippen LogP contribution < -0.4 is 10.6 Å². The van der Waals surface area contributed by atoms with Gasteiger partial charge in [-0.1, -0.05) is 0 Å². The molecule has 0 unspecified atom stereocenters. The largest absolute Gasteiger partial charge is 0.444 e. The van der Waals surface area contributed by atoms with E-state index in [1.54, 1.807) is 0 Å². The Hall–Kier alpha value is -0.810. The number of nitrogens with one attached hydrogen (secondary N) is 2. The molecule has 0 atom stereocenters. The van der Waals surface area contributed by atoms with E-state index in [2.05, 4.69) is 10.6 Å². The van der Waals surface area contributed by atoms with Crippen molar-refractivity contribution in [1.29, 1.82) is 0 Å².